The molecule has 7 N–H and O–H groups in total. The summed E-state index contributed by atoms with van der Waals surface area (Å²) >= 11 is 11.9. The Hall–Kier alpha value is -6.98. The van der Waals surface area contributed by atoms with Gasteiger partial charge in [-0.15, -0.1) is 5.10 Å². The molecule has 326 valence electrons. The number of hydrogen-bond acceptors (Lipinski definition) is 10. The number of halogens is 2. The van der Waals surface area contributed by atoms with E-state index in [1.165, 1.54) is 13.8 Å². The normalized spacial score (nSPS) is 12.1. The number of benzene rings is 5. The van der Waals surface area contributed by atoms with Crippen molar-refractivity contribution in [3.63, 3.8) is 0 Å². The van der Waals surface area contributed by atoms with Crippen molar-refractivity contribution in [2.45, 2.75) is 38.9 Å². The summed E-state index contributed by atoms with van der Waals surface area (Å²) in [5.41, 5.74) is 9.78. The maximum absolute atomic E-state index is 12.4. The van der Waals surface area contributed by atoms with E-state index >= 15 is 0 Å². The zero-order valence-corrected chi connectivity index (χ0v) is 35.7. The molecule has 1 amide bonds. The number of para-hydroxylation sites is 1. The van der Waals surface area contributed by atoms with E-state index in [1.54, 1.807) is 84.9 Å². The summed E-state index contributed by atoms with van der Waals surface area (Å²) in [5.74, 6) is -3.27. The number of nitrogens with zero attached hydrogens (tertiary/aromatic N) is 5. The number of fused-ring (bicyclic) bond motifs is 1. The fourth-order valence-corrected chi connectivity index (χ4v) is 6.10. The summed E-state index contributed by atoms with van der Waals surface area (Å²) in [6.07, 6.45) is -1.40. The minimum atomic E-state index is -1.05. The smallest absolute Gasteiger partial charge is 0.309 e. The highest BCUT2D eigenvalue weighted by Crippen LogP contribution is 2.28. The summed E-state index contributed by atoms with van der Waals surface area (Å²) in [4.78, 5) is 53.6. The molecule has 6 aromatic rings. The zero-order chi connectivity index (χ0) is 46.5. The van der Waals surface area contributed by atoms with E-state index in [-0.39, 0.29) is 37.5 Å². The summed E-state index contributed by atoms with van der Waals surface area (Å²) in [6, 6.07) is 34.6. The molecule has 6 rings (SSSR count). The monoisotopic (exact) mass is 893 g/mol. The number of Topliss-reactive ketones (excluding diaryl/α,β-unsaturated/α-hetero) is 2. The molecule has 0 bridgehead atoms. The maximum Gasteiger partial charge on any atom is 0.309 e. The average molecular weight is 895 g/mol. The van der Waals surface area contributed by atoms with Gasteiger partial charge in [0.2, 0.25) is 17.3 Å². The molecule has 0 radical (unpaired) electrons. The number of carboxylic acids is 1. The molecule has 0 aliphatic heterocycles. The summed E-state index contributed by atoms with van der Waals surface area (Å²) in [6.45, 7) is 16.8. The van der Waals surface area contributed by atoms with Crippen molar-refractivity contribution in [1.82, 2.24) is 20.5 Å². The van der Waals surface area contributed by atoms with Crippen LogP contribution >= 0.6 is 23.2 Å². The van der Waals surface area contributed by atoms with E-state index < -0.39 is 35.9 Å². The number of ketones is 2. The first kappa shape index (κ1) is 50.4. The molecule has 0 saturated heterocycles. The van der Waals surface area contributed by atoms with E-state index in [1.807, 2.05) is 36.4 Å². The molecule has 1 heterocycles. The standard InChI is InChI=1S/C20H19ClN2O3.C12H12ClNO3.C8H9NO.C6H5N3O/c1-13(24)16(10-14-8-9-18(22-2)17(21)11-14)20(26)23-12-19(25)15-6-4-3-5-7-15;1-7(15)9(12(16)17)5-8-3-4-11(14-2)10(13)6-8;9-6-8(10)7-4-2-1-3-5-7;10-9-6-4-2-1-3-5(6)7-8-9/h3-9,11,13,16,24H,10,12H2,1H3,(H,23,26);3-4,6-7,9,15H,5H2,1H3,(H,16,17);1-5H,6,9H2;1-4,10H/t13-,16+;7-,9+;;/m00../s1. The van der Waals surface area contributed by atoms with Crippen molar-refractivity contribution < 1.29 is 39.7 Å². The predicted molar refractivity (Wildman–Crippen MR) is 239 cm³/mol. The van der Waals surface area contributed by atoms with E-state index in [0.29, 0.717) is 49.1 Å². The highest BCUT2D eigenvalue weighted by atomic mass is 35.5. The van der Waals surface area contributed by atoms with Crippen molar-refractivity contribution in [2.24, 2.45) is 17.6 Å². The Bertz CT molecular complexity index is 2540. The lowest BCUT2D eigenvalue weighted by molar-refractivity contribution is -0.145. The van der Waals surface area contributed by atoms with Crippen molar-refractivity contribution >= 4 is 69.1 Å². The number of aromatic nitrogens is 3. The molecular formula is C46H45Cl2N7O8. The second kappa shape index (κ2) is 25.7. The van der Waals surface area contributed by atoms with Gasteiger partial charge in [0.25, 0.3) is 0 Å². The van der Waals surface area contributed by atoms with Gasteiger partial charge in [0.15, 0.2) is 11.6 Å². The molecule has 0 unspecified atom stereocenters. The van der Waals surface area contributed by atoms with Crippen LogP contribution in [0.2, 0.25) is 10.0 Å². The Morgan fingerprint density at radius 1 is 0.714 bits per heavy atom. The van der Waals surface area contributed by atoms with Gasteiger partial charge >= 0.3 is 5.97 Å². The number of amides is 1. The number of carbonyl (C=O) groups excluding carboxylic acids is 3. The van der Waals surface area contributed by atoms with Crippen LogP contribution in [-0.4, -0.2) is 84.4 Å². The Morgan fingerprint density at radius 2 is 1.17 bits per heavy atom. The fourth-order valence-electron chi connectivity index (χ4n) is 5.61. The largest absolute Gasteiger partial charge is 0.481 e. The van der Waals surface area contributed by atoms with Gasteiger partial charge in [-0.3, -0.25) is 19.2 Å². The van der Waals surface area contributed by atoms with Crippen molar-refractivity contribution in [3.05, 3.63) is 176 Å². The maximum atomic E-state index is 12.4. The van der Waals surface area contributed by atoms with Crippen LogP contribution in [0.3, 0.4) is 0 Å². The molecule has 0 aliphatic carbocycles. The second-order valence-electron chi connectivity index (χ2n) is 13.7. The van der Waals surface area contributed by atoms with Crippen LogP contribution in [0.4, 0.5) is 11.4 Å². The minimum absolute atomic E-state index is 0.0133. The number of carboxylic acid groups (broad SMARTS) is 1. The lowest BCUT2D eigenvalue weighted by atomic mass is 9.93. The van der Waals surface area contributed by atoms with Gasteiger partial charge in [-0.25, -0.2) is 9.69 Å². The van der Waals surface area contributed by atoms with Crippen LogP contribution in [0.25, 0.3) is 20.7 Å². The van der Waals surface area contributed by atoms with Crippen molar-refractivity contribution in [3.8, 4) is 0 Å². The molecule has 0 saturated carbocycles. The number of aliphatic hydroxyl groups is 2. The van der Waals surface area contributed by atoms with Crippen molar-refractivity contribution in [1.29, 1.82) is 0 Å². The lowest BCUT2D eigenvalue weighted by Crippen LogP contribution is -2.40. The van der Waals surface area contributed by atoms with E-state index in [4.69, 9.17) is 52.4 Å². The van der Waals surface area contributed by atoms with Crippen LogP contribution < -0.4 is 11.1 Å². The number of carbonyl (C=O) groups is 4. The number of aliphatic carboxylic acids is 1. The molecule has 0 aliphatic rings. The molecule has 63 heavy (non-hydrogen) atoms. The van der Waals surface area contributed by atoms with Gasteiger partial charge in [0.1, 0.15) is 11.0 Å². The van der Waals surface area contributed by atoms with E-state index in [2.05, 4.69) is 25.3 Å². The molecule has 5 aromatic carbocycles. The van der Waals surface area contributed by atoms with Crippen LogP contribution in [0.15, 0.2) is 121 Å². The van der Waals surface area contributed by atoms with Crippen LogP contribution in [0.5, 0.6) is 0 Å². The fraction of sp³-hybridized carbons (Fsp3) is 0.217. The molecule has 0 fully saturated rings. The molecule has 4 atom stereocenters. The third-order valence-electron chi connectivity index (χ3n) is 9.13. The third-order valence-corrected chi connectivity index (χ3v) is 9.73. The number of rotatable bonds is 13. The summed E-state index contributed by atoms with van der Waals surface area (Å²) < 4.78 is 0. The van der Waals surface area contributed by atoms with Crippen LogP contribution in [0, 0.1) is 25.0 Å². The third kappa shape index (κ3) is 16.1. The van der Waals surface area contributed by atoms with E-state index in [9.17, 15) is 29.4 Å². The first-order valence-electron chi connectivity index (χ1n) is 19.1. The average Bonchev–Trinajstić information content (AvgIpc) is 3.67. The SMILES string of the molecule is NCC(=O)c1ccccc1.On1nnc2ccccc21.[C-]#[N+]c1ccc(C[C@@H](C(=O)NCC(=O)c2ccccc2)[C@H](C)O)cc1Cl.[C-]#[N+]c1ccc(C[C@@H](C(=O)O)[C@H](C)O)cc1Cl. The van der Waals surface area contributed by atoms with Gasteiger partial charge in [-0.1, -0.05) is 137 Å². The predicted octanol–water partition coefficient (Wildman–Crippen LogP) is 7.44. The number of aliphatic hydroxyl groups excluding tert-OH is 2. The van der Waals surface area contributed by atoms with Gasteiger partial charge < -0.3 is 31.6 Å². The Kier molecular flexibility index (Phi) is 20.6. The van der Waals surface area contributed by atoms with E-state index in [0.717, 1.165) is 10.4 Å². The molecule has 1 aromatic heterocycles. The highest BCUT2D eigenvalue weighted by Gasteiger charge is 2.25. The van der Waals surface area contributed by atoms with Gasteiger partial charge in [-0.2, -0.15) is 0 Å². The number of nitrogens with one attached hydrogen (secondary N) is 1. The molecule has 15 nitrogen and oxygen atoms in total. The topological polar surface area (TPSA) is 227 Å². The van der Waals surface area contributed by atoms with Crippen LogP contribution in [-0.2, 0) is 22.4 Å². The van der Waals surface area contributed by atoms with Gasteiger partial charge in [0, 0.05) is 21.2 Å². The Morgan fingerprint density at radius 3 is 1.60 bits per heavy atom. The molecule has 17 heteroatoms. The number of nitrogens with two attached hydrogens (primary N) is 1. The Labute approximate surface area is 373 Å². The lowest BCUT2D eigenvalue weighted by Gasteiger charge is -2.19. The highest BCUT2D eigenvalue weighted by molar-refractivity contribution is 6.33. The van der Waals surface area contributed by atoms with Gasteiger partial charge in [-0.05, 0) is 55.2 Å². The Balaban J connectivity index is 0.000000243. The first-order chi connectivity index (χ1) is 30.1. The van der Waals surface area contributed by atoms with Crippen molar-refractivity contribution in [2.75, 3.05) is 13.1 Å². The summed E-state index contributed by atoms with van der Waals surface area (Å²) in [7, 11) is 0. The number of hydrogen-bond donors (Lipinski definition) is 6. The summed E-state index contributed by atoms with van der Waals surface area (Å²) in [5, 5.41) is 47.5. The first-order valence-corrected chi connectivity index (χ1v) is 19.9. The quantitative estimate of drug-likeness (QED) is 0.0379. The molecule has 0 spiro atoms. The molecular weight excluding hydrogens is 849 g/mol. The minimum Gasteiger partial charge on any atom is -0.481 e. The van der Waals surface area contributed by atoms with Gasteiger partial charge in [0.05, 0.1) is 50.3 Å². The zero-order valence-electron chi connectivity index (χ0n) is 34.2. The van der Waals surface area contributed by atoms with Crippen LogP contribution in [0.1, 0.15) is 45.7 Å². The second-order valence-corrected chi connectivity index (χ2v) is 14.5.